The van der Waals surface area contributed by atoms with Gasteiger partial charge in [0.1, 0.15) is 5.75 Å². The van der Waals surface area contributed by atoms with E-state index in [0.717, 1.165) is 53.2 Å². The second-order valence-electron chi connectivity index (χ2n) is 9.87. The number of para-hydroxylation sites is 2. The topological polar surface area (TPSA) is 58.6 Å². The van der Waals surface area contributed by atoms with E-state index in [-0.39, 0.29) is 17.6 Å². The first-order valence-electron chi connectivity index (χ1n) is 13.2. The van der Waals surface area contributed by atoms with E-state index in [4.69, 9.17) is 4.74 Å². The quantitative estimate of drug-likeness (QED) is 0.354. The van der Waals surface area contributed by atoms with E-state index in [9.17, 15) is 9.59 Å². The van der Waals surface area contributed by atoms with Gasteiger partial charge < -0.3 is 10.1 Å². The Morgan fingerprint density at radius 2 is 1.65 bits per heavy atom. The number of hydrogen-bond acceptors (Lipinski definition) is 4. The molecule has 2 atom stereocenters. The molecule has 37 heavy (non-hydrogen) atoms. The molecule has 3 aromatic carbocycles. The molecule has 5 nitrogen and oxygen atoms in total. The van der Waals surface area contributed by atoms with Crippen molar-refractivity contribution in [3.05, 3.63) is 101 Å². The lowest BCUT2D eigenvalue weighted by molar-refractivity contribution is -0.119. The summed E-state index contributed by atoms with van der Waals surface area (Å²) >= 11 is 0. The van der Waals surface area contributed by atoms with Crippen LogP contribution in [-0.4, -0.2) is 18.8 Å². The van der Waals surface area contributed by atoms with E-state index in [1.165, 1.54) is 0 Å². The van der Waals surface area contributed by atoms with Crippen LogP contribution in [0.25, 0.3) is 0 Å². The monoisotopic (exact) mass is 494 g/mol. The first kappa shape index (κ1) is 24.8. The van der Waals surface area contributed by atoms with Crippen LogP contribution in [0.3, 0.4) is 0 Å². The Bertz CT molecular complexity index is 1300. The lowest BCUT2D eigenvalue weighted by atomic mass is 9.78. The molecule has 1 amide bonds. The molecule has 0 fully saturated rings. The van der Waals surface area contributed by atoms with E-state index in [1.54, 1.807) is 7.11 Å². The molecule has 0 spiro atoms. The SMILES string of the molecule is CCCCCC(=O)N1c2ccccc2NC2=C(C(=O)C[C@H](c3ccc(OC)cc3)C2)[C@H]1c1ccccc1. The Balaban J connectivity index is 1.62. The zero-order valence-corrected chi connectivity index (χ0v) is 21.6. The number of anilines is 2. The highest BCUT2D eigenvalue weighted by Gasteiger charge is 2.41. The van der Waals surface area contributed by atoms with Crippen molar-refractivity contribution >= 4 is 23.1 Å². The molecule has 0 aromatic heterocycles. The van der Waals surface area contributed by atoms with Gasteiger partial charge in [0.15, 0.2) is 5.78 Å². The molecule has 190 valence electrons. The number of ether oxygens (including phenoxy) is 1. The third-order valence-electron chi connectivity index (χ3n) is 7.45. The minimum Gasteiger partial charge on any atom is -0.497 e. The van der Waals surface area contributed by atoms with E-state index in [2.05, 4.69) is 12.2 Å². The van der Waals surface area contributed by atoms with Crippen LogP contribution in [0, 0.1) is 0 Å². The van der Waals surface area contributed by atoms with Gasteiger partial charge in [-0.2, -0.15) is 0 Å². The fraction of sp³-hybridized carbons (Fsp3) is 0.312. The van der Waals surface area contributed by atoms with Gasteiger partial charge >= 0.3 is 0 Å². The van der Waals surface area contributed by atoms with Crippen molar-refractivity contribution in [2.45, 2.75) is 57.4 Å². The smallest absolute Gasteiger partial charge is 0.227 e. The Hall–Kier alpha value is -3.86. The molecular weight excluding hydrogens is 460 g/mol. The van der Waals surface area contributed by atoms with Gasteiger partial charge in [-0.3, -0.25) is 14.5 Å². The third-order valence-corrected chi connectivity index (χ3v) is 7.45. The highest BCUT2D eigenvalue weighted by atomic mass is 16.5. The molecule has 1 aliphatic carbocycles. The van der Waals surface area contributed by atoms with Crippen LogP contribution < -0.4 is 15.0 Å². The number of fused-ring (bicyclic) bond motifs is 1. The van der Waals surface area contributed by atoms with Crippen LogP contribution in [0.1, 0.15) is 68.5 Å². The highest BCUT2D eigenvalue weighted by molar-refractivity contribution is 6.06. The molecule has 1 heterocycles. The molecule has 0 saturated heterocycles. The normalized spacial score (nSPS) is 19.0. The number of nitrogens with zero attached hydrogens (tertiary/aromatic N) is 1. The predicted molar refractivity (Wildman–Crippen MR) is 148 cm³/mol. The van der Waals surface area contributed by atoms with Gasteiger partial charge in [-0.05, 0) is 54.2 Å². The van der Waals surface area contributed by atoms with Crippen LogP contribution in [-0.2, 0) is 9.59 Å². The highest BCUT2D eigenvalue weighted by Crippen LogP contribution is 2.47. The number of rotatable bonds is 7. The number of methoxy groups -OCH3 is 1. The summed E-state index contributed by atoms with van der Waals surface area (Å²) in [5, 5.41) is 3.61. The van der Waals surface area contributed by atoms with E-state index >= 15 is 0 Å². The van der Waals surface area contributed by atoms with Crippen LogP contribution in [0.2, 0.25) is 0 Å². The van der Waals surface area contributed by atoms with Gasteiger partial charge in [0, 0.05) is 24.1 Å². The van der Waals surface area contributed by atoms with Crippen molar-refractivity contribution in [2.24, 2.45) is 0 Å². The number of carbonyl (C=O) groups excluding carboxylic acids is 2. The van der Waals surface area contributed by atoms with Gasteiger partial charge in [-0.25, -0.2) is 0 Å². The Kier molecular flexibility index (Phi) is 7.40. The number of amides is 1. The summed E-state index contributed by atoms with van der Waals surface area (Å²) in [6.07, 6.45) is 4.45. The lowest BCUT2D eigenvalue weighted by Gasteiger charge is -2.35. The Labute approximate surface area is 219 Å². The van der Waals surface area contributed by atoms with E-state index in [1.807, 2.05) is 83.8 Å². The standard InChI is InChI=1S/C32H34N2O3/c1-3-4-6-15-30(36)34-28-14-10-9-13-26(28)33-27-20-24(22-16-18-25(37-2)19-17-22)21-29(35)31(27)32(34)23-11-7-5-8-12-23/h5,7-14,16-19,24,32-33H,3-4,6,15,20-21H2,1-2H3/t24-,32-/m1/s1. The average molecular weight is 495 g/mol. The second-order valence-corrected chi connectivity index (χ2v) is 9.87. The first-order chi connectivity index (χ1) is 18.1. The summed E-state index contributed by atoms with van der Waals surface area (Å²) in [7, 11) is 1.65. The maximum atomic E-state index is 14.0. The van der Waals surface area contributed by atoms with Crippen molar-refractivity contribution in [3.8, 4) is 5.75 Å². The zero-order chi connectivity index (χ0) is 25.8. The van der Waals surface area contributed by atoms with Crippen molar-refractivity contribution in [1.29, 1.82) is 0 Å². The number of carbonyl (C=O) groups is 2. The maximum Gasteiger partial charge on any atom is 0.227 e. The first-order valence-corrected chi connectivity index (χ1v) is 13.2. The van der Waals surface area contributed by atoms with Crippen molar-refractivity contribution in [3.63, 3.8) is 0 Å². The minimum absolute atomic E-state index is 0.0513. The molecule has 1 aliphatic heterocycles. The van der Waals surface area contributed by atoms with Gasteiger partial charge in [0.05, 0.1) is 24.5 Å². The minimum atomic E-state index is -0.467. The van der Waals surface area contributed by atoms with Crippen LogP contribution in [0.5, 0.6) is 5.75 Å². The zero-order valence-electron chi connectivity index (χ0n) is 21.6. The van der Waals surface area contributed by atoms with E-state index < -0.39 is 6.04 Å². The molecule has 5 heteroatoms. The van der Waals surface area contributed by atoms with Crippen LogP contribution in [0.4, 0.5) is 11.4 Å². The van der Waals surface area contributed by atoms with Gasteiger partial charge in [-0.15, -0.1) is 0 Å². The Morgan fingerprint density at radius 1 is 0.919 bits per heavy atom. The number of hydrogen-bond donors (Lipinski definition) is 1. The van der Waals surface area contributed by atoms with Crippen molar-refractivity contribution < 1.29 is 14.3 Å². The molecule has 1 N–H and O–H groups in total. The van der Waals surface area contributed by atoms with Crippen LogP contribution >= 0.6 is 0 Å². The molecule has 0 saturated carbocycles. The van der Waals surface area contributed by atoms with E-state index in [0.29, 0.717) is 24.8 Å². The number of allylic oxidation sites excluding steroid dienone is 1. The second kappa shape index (κ2) is 11.0. The van der Waals surface area contributed by atoms with Gasteiger partial charge in [-0.1, -0.05) is 74.4 Å². The number of Topliss-reactive ketones (excluding diaryl/α,β-unsaturated/α-hetero) is 1. The average Bonchev–Trinajstić information content (AvgIpc) is 3.08. The predicted octanol–water partition coefficient (Wildman–Crippen LogP) is 7.18. The summed E-state index contributed by atoms with van der Waals surface area (Å²) in [5.41, 5.74) is 5.36. The number of ketones is 1. The summed E-state index contributed by atoms with van der Waals surface area (Å²) in [5.74, 6) is 0.992. The number of benzene rings is 3. The molecule has 5 rings (SSSR count). The summed E-state index contributed by atoms with van der Waals surface area (Å²) in [6.45, 7) is 2.14. The van der Waals surface area contributed by atoms with Gasteiger partial charge in [0.2, 0.25) is 5.91 Å². The van der Waals surface area contributed by atoms with Crippen molar-refractivity contribution in [1.82, 2.24) is 0 Å². The summed E-state index contributed by atoms with van der Waals surface area (Å²) in [6, 6.07) is 25.4. The molecule has 2 aliphatic rings. The lowest BCUT2D eigenvalue weighted by Crippen LogP contribution is -2.38. The fourth-order valence-corrected chi connectivity index (χ4v) is 5.57. The Morgan fingerprint density at radius 3 is 2.38 bits per heavy atom. The molecule has 0 bridgehead atoms. The third kappa shape index (κ3) is 5.04. The fourth-order valence-electron chi connectivity index (χ4n) is 5.57. The van der Waals surface area contributed by atoms with Crippen molar-refractivity contribution in [2.75, 3.05) is 17.3 Å². The molecule has 3 aromatic rings. The number of unbranched alkanes of at least 4 members (excludes halogenated alkanes) is 2. The number of nitrogens with one attached hydrogen (secondary N) is 1. The molecule has 0 unspecified atom stereocenters. The van der Waals surface area contributed by atoms with Gasteiger partial charge in [0.25, 0.3) is 0 Å². The largest absolute Gasteiger partial charge is 0.497 e. The molecular formula is C32H34N2O3. The summed E-state index contributed by atoms with van der Waals surface area (Å²) < 4.78 is 5.33. The summed E-state index contributed by atoms with van der Waals surface area (Å²) in [4.78, 5) is 29.7. The molecule has 0 radical (unpaired) electrons. The van der Waals surface area contributed by atoms with Crippen LogP contribution in [0.15, 0.2) is 90.1 Å². The maximum absolute atomic E-state index is 14.0.